The molecule has 15 heteroatoms. The second-order valence-electron chi connectivity index (χ2n) is 17.1. The molecule has 0 aliphatic carbocycles. The summed E-state index contributed by atoms with van der Waals surface area (Å²) in [6.07, 6.45) is 6.76. The fourth-order valence-corrected chi connectivity index (χ4v) is 6.28. The summed E-state index contributed by atoms with van der Waals surface area (Å²) >= 11 is 47.5. The molecule has 0 fully saturated rings. The molecule has 0 aromatic rings. The smallest absolute Gasteiger partial charge is 0.134 e. The zero-order valence-electron chi connectivity index (χ0n) is 46.7. The van der Waals surface area contributed by atoms with Gasteiger partial charge in [-0.2, -0.15) is 0 Å². The van der Waals surface area contributed by atoms with Gasteiger partial charge < -0.3 is 0 Å². The zero-order chi connectivity index (χ0) is 58.6. The lowest BCUT2D eigenvalue weighted by molar-refractivity contribution is -0.117. The van der Waals surface area contributed by atoms with Crippen LogP contribution in [-0.4, -0.2) is 77.6 Å². The second kappa shape index (κ2) is 63.1. The first kappa shape index (κ1) is 90.7. The molecule has 0 radical (unpaired) electrons. The Morgan fingerprint density at radius 2 is 0.300 bits per heavy atom. The molecule has 0 N–H and O–H groups in total. The van der Waals surface area contributed by atoms with E-state index < -0.39 is 0 Å². The van der Waals surface area contributed by atoms with E-state index in [1.54, 1.807) is 34.6 Å². The molecule has 0 atom stereocenters. The largest absolute Gasteiger partial charge is 0.300 e. The fraction of sp³-hybridized carbons (Fsp3) is 0.545. The van der Waals surface area contributed by atoms with Crippen molar-refractivity contribution in [3.05, 3.63) is 60.8 Å². The summed E-state index contributed by atoms with van der Waals surface area (Å²) in [5.41, 5.74) is 5.31. The van der Waals surface area contributed by atoms with E-state index in [9.17, 15) is 24.0 Å². The van der Waals surface area contributed by atoms with Crippen molar-refractivity contribution in [1.29, 1.82) is 0 Å². The quantitative estimate of drug-likeness (QED) is 0.0856. The van der Waals surface area contributed by atoms with Gasteiger partial charge in [0.25, 0.3) is 0 Å². The van der Waals surface area contributed by atoms with Gasteiger partial charge in [0.15, 0.2) is 0 Å². The van der Waals surface area contributed by atoms with Crippen molar-refractivity contribution in [2.24, 2.45) is 0 Å². The summed E-state index contributed by atoms with van der Waals surface area (Å²) in [4.78, 5) is 60.2. The van der Waals surface area contributed by atoms with Crippen LogP contribution in [0.3, 0.4) is 0 Å². The number of rotatable bonds is 20. The van der Waals surface area contributed by atoms with Crippen molar-refractivity contribution in [1.82, 2.24) is 0 Å². The normalized spacial score (nSPS) is 8.29. The number of hydrogen-bond donors (Lipinski definition) is 0. The van der Waals surface area contributed by atoms with Crippen molar-refractivity contribution in [3.63, 3.8) is 0 Å². The van der Waals surface area contributed by atoms with Gasteiger partial charge in [-0.3, -0.25) is 24.0 Å². The maximum absolute atomic E-state index is 10.2. The molecule has 0 aliphatic rings. The molecule has 0 unspecified atom stereocenters. The van der Waals surface area contributed by atoms with Crippen molar-refractivity contribution in [3.8, 4) is 0 Å². The third kappa shape index (κ3) is 193. The molecular weight excluding hydrogens is 1060 g/mol. The Balaban J connectivity index is -0.0000000714. The van der Waals surface area contributed by atoms with E-state index in [4.69, 9.17) is 85.5 Å². The minimum Gasteiger partial charge on any atom is -0.300 e. The number of hydrogen-bond acceptors (Lipinski definition) is 15. The van der Waals surface area contributed by atoms with Crippen LogP contribution in [0.2, 0.25) is 0 Å². The van der Waals surface area contributed by atoms with Crippen LogP contribution in [0.4, 0.5) is 0 Å². The number of allylic oxidation sites excluding steroid dienone is 5. The number of carbonyl (C=O) groups excluding carboxylic acids is 5. The third-order valence-electron chi connectivity index (χ3n) is 5.24. The Kier molecular flexibility index (Phi) is 81.7. The third-order valence-corrected chi connectivity index (χ3v) is 6.69. The number of carbonyl (C=O) groups is 5. The highest BCUT2D eigenvalue weighted by molar-refractivity contribution is 7.83. The average Bonchev–Trinajstić information content (AvgIpc) is 3.01. The van der Waals surface area contributed by atoms with Crippen LogP contribution in [-0.2, 0) is 24.0 Å². The lowest BCUT2D eigenvalue weighted by Crippen LogP contribution is -1.95. The monoisotopic (exact) mass is 1150 g/mol. The lowest BCUT2D eigenvalue weighted by atomic mass is 10.2. The molecule has 0 spiro atoms. The summed E-state index contributed by atoms with van der Waals surface area (Å²) in [5.74, 6) is 0.813. The van der Waals surface area contributed by atoms with Crippen LogP contribution >= 0.6 is 122 Å². The summed E-state index contributed by atoms with van der Waals surface area (Å²) < 4.78 is 0. The molecule has 5 nitrogen and oxygen atoms in total. The van der Waals surface area contributed by atoms with E-state index in [2.05, 4.69) is 69.5 Å². The van der Waals surface area contributed by atoms with Gasteiger partial charge in [0, 0.05) is 44.9 Å². The summed E-state index contributed by atoms with van der Waals surface area (Å²) in [5, 5.41) is 0. The van der Waals surface area contributed by atoms with Crippen molar-refractivity contribution < 1.29 is 24.0 Å². The molecule has 400 valence electrons. The van der Waals surface area contributed by atoms with Crippen molar-refractivity contribution in [2.45, 2.75) is 203 Å². The van der Waals surface area contributed by atoms with Gasteiger partial charge in [-0.25, -0.2) is 0 Å². The highest BCUT2D eigenvalue weighted by Crippen LogP contribution is 1.98. The Hall–Kier alpha value is -2.05. The predicted molar refractivity (Wildman–Crippen MR) is 356 cm³/mol. The van der Waals surface area contributed by atoms with Crippen LogP contribution < -0.4 is 0 Å². The first-order valence-electron chi connectivity index (χ1n) is 21.9. The Morgan fingerprint density at radius 1 is 0.200 bits per heavy atom. The Labute approximate surface area is 482 Å². The minimum absolute atomic E-state index is 0.146. The van der Waals surface area contributed by atoms with E-state index in [0.29, 0.717) is 32.1 Å². The number of Topliss-reactive ketones (excluding diaryl/α,β-unsaturated/α-hetero) is 5. The van der Waals surface area contributed by atoms with E-state index in [-0.39, 0.29) is 28.9 Å². The van der Waals surface area contributed by atoms with Gasteiger partial charge in [0.1, 0.15) is 28.9 Å². The maximum Gasteiger partial charge on any atom is 0.134 e. The minimum atomic E-state index is 0.146. The van der Waals surface area contributed by atoms with Crippen LogP contribution in [0, 0.1) is 0 Å². The highest BCUT2D eigenvalue weighted by Gasteiger charge is 1.94. The van der Waals surface area contributed by atoms with Crippen LogP contribution in [0.1, 0.15) is 203 Å². The molecule has 0 aliphatic heterocycles. The molecular formula is C55H90O5S10. The molecule has 0 saturated heterocycles. The predicted octanol–water partition coefficient (Wildman–Crippen LogP) is 18.5. The molecule has 0 heterocycles. The number of thiocarbonyl (C=S) groups is 10. The molecule has 0 saturated carbocycles. The molecule has 0 aromatic carbocycles. The Morgan fingerprint density at radius 3 is 0.300 bits per heavy atom. The van der Waals surface area contributed by atoms with Gasteiger partial charge >= 0.3 is 0 Å². The first-order chi connectivity index (χ1) is 31.3. The van der Waals surface area contributed by atoms with E-state index >= 15 is 0 Å². The average molecular weight is 1150 g/mol. The standard InChI is InChI=1S/2C6H10O.3C6H10S.3C5H8OS.2C5H8S2/c5*1-5(2)4-6(3)7;5*1-4(6)3-5(2)7/h5*1,4H2,2-3H3;5*3H2,1-2H3. The fourth-order valence-electron chi connectivity index (χ4n) is 3.88. The molecule has 0 bridgehead atoms. The zero-order valence-corrected chi connectivity index (χ0v) is 54.9. The van der Waals surface area contributed by atoms with Gasteiger partial charge in [-0.1, -0.05) is 183 Å². The van der Waals surface area contributed by atoms with Crippen LogP contribution in [0.25, 0.3) is 0 Å². The maximum atomic E-state index is 10.2. The molecule has 0 aromatic heterocycles. The SMILES string of the molecule is C=C(C)CC(C)=O.C=C(C)CC(C)=O.C=C(C)CC(C)=S.C=C(C)CC(C)=S.C=C(C)CC(C)=S.CC(=O)CC(C)=S.CC(=O)CC(C)=S.CC(=O)CC(C)=S.CC(=S)CC(C)=S.CC(=S)CC(C)=S. The Bertz CT molecular complexity index is 1260. The van der Waals surface area contributed by atoms with Gasteiger partial charge in [-0.05, 0) is 206 Å². The summed E-state index contributed by atoms with van der Waals surface area (Å²) in [6.45, 7) is 54.4. The van der Waals surface area contributed by atoms with Crippen LogP contribution in [0.5, 0.6) is 0 Å². The first-order valence-corrected chi connectivity index (χ1v) is 26.0. The molecule has 0 amide bonds. The van der Waals surface area contributed by atoms with E-state index in [1.807, 2.05) is 83.1 Å². The van der Waals surface area contributed by atoms with Gasteiger partial charge in [0.05, 0.1) is 0 Å². The number of ketones is 5. The lowest BCUT2D eigenvalue weighted by Gasteiger charge is -1.90. The summed E-state index contributed by atoms with van der Waals surface area (Å²) in [6, 6.07) is 0. The molecule has 70 heavy (non-hydrogen) atoms. The van der Waals surface area contributed by atoms with Crippen molar-refractivity contribution >= 4 is 200 Å². The van der Waals surface area contributed by atoms with E-state index in [1.165, 1.54) is 20.8 Å². The van der Waals surface area contributed by atoms with Crippen molar-refractivity contribution in [2.75, 3.05) is 0 Å². The van der Waals surface area contributed by atoms with Crippen LogP contribution in [0.15, 0.2) is 60.8 Å². The van der Waals surface area contributed by atoms with Gasteiger partial charge in [-0.15, -0.1) is 0 Å². The summed E-state index contributed by atoms with van der Waals surface area (Å²) in [7, 11) is 0. The highest BCUT2D eigenvalue weighted by atomic mass is 32.1. The second-order valence-corrected chi connectivity index (χ2v) is 24.1. The van der Waals surface area contributed by atoms with Gasteiger partial charge in [0.2, 0.25) is 0 Å². The topological polar surface area (TPSA) is 85.3 Å². The van der Waals surface area contributed by atoms with E-state index in [0.717, 1.165) is 109 Å². The molecule has 0 rings (SSSR count).